The number of hydrogen-bond acceptors (Lipinski definition) is 6. The number of carbonyl (C=O) groups excluding carboxylic acids is 4. The van der Waals surface area contributed by atoms with E-state index in [1.807, 2.05) is 0 Å². The lowest BCUT2D eigenvalue weighted by molar-refractivity contribution is -0.144. The van der Waals surface area contributed by atoms with Gasteiger partial charge in [0.05, 0.1) is 18.7 Å². The Kier molecular flexibility index (Phi) is 10.3. The predicted octanol–water partition coefficient (Wildman–Crippen LogP) is 2.10. The molecule has 0 aliphatic carbocycles. The van der Waals surface area contributed by atoms with Gasteiger partial charge in [-0.1, -0.05) is 31.6 Å². The van der Waals surface area contributed by atoms with Gasteiger partial charge in [-0.25, -0.2) is 8.78 Å². The van der Waals surface area contributed by atoms with Gasteiger partial charge >= 0.3 is 5.97 Å². The molecule has 4 N–H and O–H groups in total. The van der Waals surface area contributed by atoms with Crippen LogP contribution in [0.25, 0.3) is 0 Å². The SMILES string of the molecule is C#CCn1c(C)c(C(=O)C(=O)NCC#CCOC(=O)C(N)C(C)C)c(C)c1C(=O)Nc1ccc(F)c(F)c1. The van der Waals surface area contributed by atoms with Crippen molar-refractivity contribution in [2.45, 2.75) is 40.3 Å². The number of amides is 2. The molecule has 0 saturated heterocycles. The number of Topliss-reactive ketones (excluding diaryl/α,β-unsaturated/α-hetero) is 1. The van der Waals surface area contributed by atoms with Crippen molar-refractivity contribution >= 4 is 29.3 Å². The van der Waals surface area contributed by atoms with Crippen LogP contribution in [0.15, 0.2) is 18.2 Å². The van der Waals surface area contributed by atoms with E-state index >= 15 is 0 Å². The van der Waals surface area contributed by atoms with Crippen LogP contribution in [-0.4, -0.2) is 47.3 Å². The Hall–Kier alpha value is -4.48. The van der Waals surface area contributed by atoms with Crippen molar-refractivity contribution in [2.24, 2.45) is 11.7 Å². The number of nitrogens with two attached hydrogens (primary N) is 1. The van der Waals surface area contributed by atoms with Crippen molar-refractivity contribution in [1.29, 1.82) is 0 Å². The lowest BCUT2D eigenvalue weighted by Gasteiger charge is -2.12. The molecule has 0 aliphatic heterocycles. The van der Waals surface area contributed by atoms with E-state index in [1.165, 1.54) is 24.5 Å². The second-order valence-electron chi connectivity index (χ2n) is 8.55. The highest BCUT2D eigenvalue weighted by Crippen LogP contribution is 2.24. The van der Waals surface area contributed by atoms with E-state index in [0.717, 1.165) is 12.1 Å². The van der Waals surface area contributed by atoms with Crippen LogP contribution in [0.4, 0.5) is 14.5 Å². The van der Waals surface area contributed by atoms with Crippen molar-refractivity contribution in [3.63, 3.8) is 0 Å². The third-order valence-corrected chi connectivity index (χ3v) is 5.58. The number of halogens is 2. The Morgan fingerprint density at radius 3 is 2.42 bits per heavy atom. The first-order valence-corrected chi connectivity index (χ1v) is 11.5. The van der Waals surface area contributed by atoms with Gasteiger partial charge < -0.3 is 25.7 Å². The third kappa shape index (κ3) is 7.05. The average molecular weight is 527 g/mol. The van der Waals surface area contributed by atoms with Crippen LogP contribution < -0.4 is 16.4 Å². The zero-order valence-electron chi connectivity index (χ0n) is 21.4. The Morgan fingerprint density at radius 1 is 1.13 bits per heavy atom. The van der Waals surface area contributed by atoms with Gasteiger partial charge in [0.25, 0.3) is 17.6 Å². The van der Waals surface area contributed by atoms with Crippen LogP contribution in [0.3, 0.4) is 0 Å². The topological polar surface area (TPSA) is 133 Å². The monoisotopic (exact) mass is 526 g/mol. The maximum Gasteiger partial charge on any atom is 0.324 e. The maximum absolute atomic E-state index is 13.6. The Bertz CT molecular complexity index is 1360. The lowest BCUT2D eigenvalue weighted by Crippen LogP contribution is -2.37. The number of benzene rings is 1. The van der Waals surface area contributed by atoms with Gasteiger partial charge in [-0.3, -0.25) is 19.2 Å². The summed E-state index contributed by atoms with van der Waals surface area (Å²) in [4.78, 5) is 50.1. The van der Waals surface area contributed by atoms with E-state index in [-0.39, 0.29) is 53.8 Å². The Balaban J connectivity index is 2.15. The molecule has 2 rings (SSSR count). The van der Waals surface area contributed by atoms with Gasteiger partial charge in [-0.05, 0) is 37.5 Å². The van der Waals surface area contributed by atoms with Crippen molar-refractivity contribution < 1.29 is 32.7 Å². The van der Waals surface area contributed by atoms with Crippen molar-refractivity contribution in [3.05, 3.63) is 52.3 Å². The van der Waals surface area contributed by atoms with E-state index in [4.69, 9.17) is 16.9 Å². The van der Waals surface area contributed by atoms with Crippen LogP contribution in [0.1, 0.15) is 46.0 Å². The Morgan fingerprint density at radius 2 is 1.82 bits per heavy atom. The van der Waals surface area contributed by atoms with E-state index in [9.17, 15) is 28.0 Å². The molecule has 1 aromatic carbocycles. The molecule has 1 aromatic heterocycles. The summed E-state index contributed by atoms with van der Waals surface area (Å²) in [7, 11) is 0. The number of terminal acetylenes is 1. The molecule has 1 unspecified atom stereocenters. The van der Waals surface area contributed by atoms with Crippen molar-refractivity contribution in [1.82, 2.24) is 9.88 Å². The van der Waals surface area contributed by atoms with Crippen LogP contribution in [-0.2, 0) is 20.9 Å². The summed E-state index contributed by atoms with van der Waals surface area (Å²) < 4.78 is 33.1. The third-order valence-electron chi connectivity index (χ3n) is 5.58. The number of nitrogens with zero attached hydrogens (tertiary/aromatic N) is 1. The van der Waals surface area contributed by atoms with E-state index in [1.54, 1.807) is 13.8 Å². The zero-order valence-corrected chi connectivity index (χ0v) is 21.4. The van der Waals surface area contributed by atoms with E-state index in [0.29, 0.717) is 0 Å². The number of ketones is 1. The molecule has 11 heteroatoms. The molecule has 0 fully saturated rings. The Labute approximate surface area is 219 Å². The molecule has 2 amide bonds. The molecular formula is C27H28F2N4O5. The molecule has 2 aromatic rings. The highest BCUT2D eigenvalue weighted by Gasteiger charge is 2.29. The summed E-state index contributed by atoms with van der Waals surface area (Å²) in [6.07, 6.45) is 5.43. The average Bonchev–Trinajstić information content (AvgIpc) is 3.11. The molecule has 0 radical (unpaired) electrons. The maximum atomic E-state index is 13.6. The summed E-state index contributed by atoms with van der Waals surface area (Å²) in [5.74, 6) is 1.93. The predicted molar refractivity (Wildman–Crippen MR) is 136 cm³/mol. The first kappa shape index (κ1) is 29.7. The zero-order chi connectivity index (χ0) is 28.6. The van der Waals surface area contributed by atoms with Crippen LogP contribution in [0.2, 0.25) is 0 Å². The van der Waals surface area contributed by atoms with Gasteiger partial charge in [0.2, 0.25) is 0 Å². The highest BCUT2D eigenvalue weighted by molar-refractivity contribution is 6.43. The number of nitrogens with one attached hydrogen (secondary N) is 2. The normalized spacial score (nSPS) is 11.1. The molecule has 200 valence electrons. The molecule has 1 atom stereocenters. The molecule has 0 saturated carbocycles. The van der Waals surface area contributed by atoms with Crippen LogP contribution in [0.5, 0.6) is 0 Å². The van der Waals surface area contributed by atoms with Crippen molar-refractivity contribution in [2.75, 3.05) is 18.5 Å². The minimum atomic E-state index is -1.15. The summed E-state index contributed by atoms with van der Waals surface area (Å²) >= 11 is 0. The number of hydrogen-bond donors (Lipinski definition) is 3. The van der Waals surface area contributed by atoms with Gasteiger partial charge in [0, 0.05) is 17.4 Å². The molecule has 1 heterocycles. The molecule has 0 spiro atoms. The van der Waals surface area contributed by atoms with E-state index < -0.39 is 41.2 Å². The smallest absolute Gasteiger partial charge is 0.324 e. The molecule has 0 bridgehead atoms. The first-order chi connectivity index (χ1) is 17.9. The van der Waals surface area contributed by atoms with Crippen LogP contribution >= 0.6 is 0 Å². The fourth-order valence-corrected chi connectivity index (χ4v) is 3.48. The summed E-state index contributed by atoms with van der Waals surface area (Å²) in [6.45, 7) is 6.02. The fraction of sp³-hybridized carbons (Fsp3) is 0.333. The fourth-order valence-electron chi connectivity index (χ4n) is 3.48. The van der Waals surface area contributed by atoms with Gasteiger partial charge in [0.15, 0.2) is 18.2 Å². The highest BCUT2D eigenvalue weighted by atomic mass is 19.2. The number of aromatic nitrogens is 1. The van der Waals surface area contributed by atoms with E-state index in [2.05, 4.69) is 28.4 Å². The second-order valence-corrected chi connectivity index (χ2v) is 8.55. The number of ether oxygens (including phenoxy) is 1. The van der Waals surface area contributed by atoms with Gasteiger partial charge in [0.1, 0.15) is 11.7 Å². The standard InChI is InChI=1S/C27H28F2N4O5/c1-6-12-33-17(5)21(16(4)23(33)25(35)32-18-9-10-19(28)20(29)14-18)24(34)26(36)31-11-7-8-13-38-27(37)22(30)15(2)3/h1,9-10,14-15,22H,11-13,30H2,2-5H3,(H,31,36)(H,32,35). The summed E-state index contributed by atoms with van der Waals surface area (Å²) in [5, 5.41) is 4.79. The number of anilines is 1. The summed E-state index contributed by atoms with van der Waals surface area (Å²) in [6, 6.07) is 2.07. The number of carbonyl (C=O) groups is 4. The largest absolute Gasteiger partial charge is 0.451 e. The minimum absolute atomic E-state index is 0.0115. The molecular weight excluding hydrogens is 498 g/mol. The molecule has 38 heavy (non-hydrogen) atoms. The lowest BCUT2D eigenvalue weighted by atomic mass is 10.0. The van der Waals surface area contributed by atoms with Crippen LogP contribution in [0, 0.1) is 55.6 Å². The molecule has 0 aliphatic rings. The number of esters is 1. The quantitative estimate of drug-likeness (QED) is 0.198. The first-order valence-electron chi connectivity index (χ1n) is 11.5. The molecule has 9 nitrogen and oxygen atoms in total. The van der Waals surface area contributed by atoms with Gasteiger partial charge in [-0.2, -0.15) is 0 Å². The minimum Gasteiger partial charge on any atom is -0.451 e. The van der Waals surface area contributed by atoms with Crippen molar-refractivity contribution in [3.8, 4) is 24.2 Å². The number of rotatable bonds is 9. The van der Waals surface area contributed by atoms with Gasteiger partial charge in [-0.15, -0.1) is 6.42 Å². The second kappa shape index (κ2) is 13.2. The summed E-state index contributed by atoms with van der Waals surface area (Å²) in [5.41, 5.74) is 6.07.